The van der Waals surface area contributed by atoms with Crippen molar-refractivity contribution in [2.45, 2.75) is 25.4 Å². The number of alkyl halides is 3. The van der Waals surface area contributed by atoms with E-state index in [1.165, 1.54) is 0 Å². The molecule has 1 heterocycles. The lowest BCUT2D eigenvalue weighted by atomic mass is 9.94. The summed E-state index contributed by atoms with van der Waals surface area (Å²) in [7, 11) is 1.76. The van der Waals surface area contributed by atoms with E-state index in [0.29, 0.717) is 34.6 Å². The highest BCUT2D eigenvalue weighted by Crippen LogP contribution is 2.43. The fourth-order valence-corrected chi connectivity index (χ4v) is 3.58. The summed E-state index contributed by atoms with van der Waals surface area (Å²) in [6.07, 6.45) is -2.46. The van der Waals surface area contributed by atoms with Gasteiger partial charge in [0.15, 0.2) is 0 Å². The van der Waals surface area contributed by atoms with Crippen LogP contribution >= 0.6 is 0 Å². The highest BCUT2D eigenvalue weighted by Gasteiger charge is 2.34. The Balaban J connectivity index is 1.89. The molecule has 0 radical (unpaired) electrons. The number of nitrogens with one attached hydrogen (secondary N) is 4. The Morgan fingerprint density at radius 1 is 1.21 bits per heavy atom. The van der Waals surface area contributed by atoms with E-state index >= 15 is 0 Å². The summed E-state index contributed by atoms with van der Waals surface area (Å²) >= 11 is 0. The molecule has 0 bridgehead atoms. The van der Waals surface area contributed by atoms with E-state index in [2.05, 4.69) is 16.0 Å². The smallest absolute Gasteiger partial charge is 0.388 e. The van der Waals surface area contributed by atoms with Crippen LogP contribution in [-0.2, 0) is 11.0 Å². The molecule has 0 unspecified atom stereocenters. The highest BCUT2D eigenvalue weighted by atomic mass is 19.4. The average Bonchev–Trinajstić information content (AvgIpc) is 3.52. The quantitative estimate of drug-likeness (QED) is 0.547. The van der Waals surface area contributed by atoms with Gasteiger partial charge >= 0.3 is 6.18 Å². The number of halogens is 3. The number of benzene rings is 2. The van der Waals surface area contributed by atoms with E-state index in [1.807, 2.05) is 0 Å². The molecule has 1 aliphatic carbocycles. The molecule has 4 N–H and O–H groups in total. The molecule has 1 amide bonds. The Morgan fingerprint density at radius 3 is 2.62 bits per heavy atom. The van der Waals surface area contributed by atoms with Crippen molar-refractivity contribution in [3.05, 3.63) is 41.5 Å². The molecular weight excluding hydrogens is 381 g/mol. The van der Waals surface area contributed by atoms with Gasteiger partial charge in [0, 0.05) is 48.5 Å². The zero-order valence-electron chi connectivity index (χ0n) is 15.8. The first-order valence-electron chi connectivity index (χ1n) is 9.48. The fraction of sp³-hybridized carbons (Fsp3) is 0.333. The van der Waals surface area contributed by atoms with Gasteiger partial charge in [0.25, 0.3) is 0 Å². The minimum atomic E-state index is -4.55. The Bertz CT molecular complexity index is 996. The molecule has 2 aromatic rings. The Kier molecular flexibility index (Phi) is 4.72. The van der Waals surface area contributed by atoms with Gasteiger partial charge in [-0.05, 0) is 42.7 Å². The molecule has 152 valence electrons. The van der Waals surface area contributed by atoms with Gasteiger partial charge in [-0.1, -0.05) is 6.07 Å². The predicted octanol–water partition coefficient (Wildman–Crippen LogP) is 4.95. The van der Waals surface area contributed by atoms with E-state index in [4.69, 9.17) is 5.41 Å². The number of hydrogen-bond acceptors (Lipinski definition) is 4. The van der Waals surface area contributed by atoms with Gasteiger partial charge in [-0.15, -0.1) is 0 Å². The first-order chi connectivity index (χ1) is 13.8. The molecule has 0 atom stereocenters. The maximum atomic E-state index is 13.5. The van der Waals surface area contributed by atoms with Crippen LogP contribution < -0.4 is 16.0 Å². The monoisotopic (exact) mass is 402 g/mol. The highest BCUT2D eigenvalue weighted by molar-refractivity contribution is 6.07. The summed E-state index contributed by atoms with van der Waals surface area (Å²) in [6.45, 7) is 0.330. The molecular formula is C21H21F3N4O. The molecule has 29 heavy (non-hydrogen) atoms. The van der Waals surface area contributed by atoms with Crippen molar-refractivity contribution in [2.24, 2.45) is 5.92 Å². The van der Waals surface area contributed by atoms with Crippen LogP contribution in [0.25, 0.3) is 11.1 Å². The van der Waals surface area contributed by atoms with Crippen LogP contribution in [0.2, 0.25) is 0 Å². The molecule has 1 fully saturated rings. The van der Waals surface area contributed by atoms with Crippen LogP contribution in [0.1, 0.15) is 30.4 Å². The van der Waals surface area contributed by atoms with Crippen molar-refractivity contribution in [1.29, 1.82) is 5.41 Å². The van der Waals surface area contributed by atoms with Gasteiger partial charge in [0.05, 0.1) is 16.9 Å². The summed E-state index contributed by atoms with van der Waals surface area (Å²) in [5.41, 5.74) is 2.63. The first kappa shape index (κ1) is 19.3. The maximum Gasteiger partial charge on any atom is 0.416 e. The lowest BCUT2D eigenvalue weighted by Gasteiger charge is -2.19. The van der Waals surface area contributed by atoms with Gasteiger partial charge in [0.1, 0.15) is 0 Å². The number of hydrogen-bond donors (Lipinski definition) is 4. The molecule has 4 rings (SSSR count). The summed E-state index contributed by atoms with van der Waals surface area (Å²) in [5.74, 6) is -0.128. The summed E-state index contributed by atoms with van der Waals surface area (Å²) in [4.78, 5) is 11.9. The van der Waals surface area contributed by atoms with Crippen molar-refractivity contribution < 1.29 is 18.0 Å². The van der Waals surface area contributed by atoms with Crippen molar-refractivity contribution in [3.8, 4) is 11.1 Å². The fourth-order valence-electron chi connectivity index (χ4n) is 3.58. The molecule has 2 aromatic carbocycles. The second-order valence-electron chi connectivity index (χ2n) is 7.37. The largest absolute Gasteiger partial charge is 0.416 e. The number of rotatable bonds is 4. The standard InChI is InChI=1S/C21H21F3N4O/c1-26-16-5-4-12(8-15(16)19(25)11-2-3-11)14-9-13(21(22,23)24)10-17-20(14)27-7-6-18(29)28-17/h4-5,8-11,25-27H,2-3,6-7H2,1H3,(H,28,29). The van der Waals surface area contributed by atoms with E-state index in [9.17, 15) is 18.0 Å². The Morgan fingerprint density at radius 2 is 1.97 bits per heavy atom. The van der Waals surface area contributed by atoms with Crippen molar-refractivity contribution in [3.63, 3.8) is 0 Å². The number of carbonyl (C=O) groups excluding carboxylic acids is 1. The van der Waals surface area contributed by atoms with E-state index in [1.54, 1.807) is 25.2 Å². The third kappa shape index (κ3) is 3.79. The predicted molar refractivity (Wildman–Crippen MR) is 108 cm³/mol. The topological polar surface area (TPSA) is 77.0 Å². The Hall–Kier alpha value is -3.03. The summed E-state index contributed by atoms with van der Waals surface area (Å²) in [6, 6.07) is 7.34. The average molecular weight is 402 g/mol. The molecule has 2 aliphatic rings. The number of carbonyl (C=O) groups is 1. The second-order valence-corrected chi connectivity index (χ2v) is 7.37. The van der Waals surface area contributed by atoms with E-state index < -0.39 is 11.7 Å². The van der Waals surface area contributed by atoms with Gasteiger partial charge in [-0.3, -0.25) is 4.79 Å². The van der Waals surface area contributed by atoms with Crippen LogP contribution in [0, 0.1) is 11.3 Å². The summed E-state index contributed by atoms with van der Waals surface area (Å²) in [5, 5.41) is 17.2. The lowest BCUT2D eigenvalue weighted by Crippen LogP contribution is -2.12. The van der Waals surface area contributed by atoms with Gasteiger partial charge in [0.2, 0.25) is 5.91 Å². The van der Waals surface area contributed by atoms with Crippen LogP contribution in [0.3, 0.4) is 0 Å². The van der Waals surface area contributed by atoms with Crippen LogP contribution in [0.5, 0.6) is 0 Å². The third-order valence-electron chi connectivity index (χ3n) is 5.27. The SMILES string of the molecule is CNc1ccc(-c2cc(C(F)(F)F)cc3c2NCCC(=O)N3)cc1C(=N)C1CC1. The number of fused-ring (bicyclic) bond motifs is 1. The maximum absolute atomic E-state index is 13.5. The molecule has 1 saturated carbocycles. The van der Waals surface area contributed by atoms with Crippen LogP contribution in [0.15, 0.2) is 30.3 Å². The third-order valence-corrected chi connectivity index (χ3v) is 5.27. The minimum absolute atomic E-state index is 0.119. The molecule has 8 heteroatoms. The van der Waals surface area contributed by atoms with Gasteiger partial charge in [-0.25, -0.2) is 0 Å². The molecule has 1 aliphatic heterocycles. The first-order valence-corrected chi connectivity index (χ1v) is 9.48. The van der Waals surface area contributed by atoms with Crippen molar-refractivity contribution in [1.82, 2.24) is 0 Å². The zero-order valence-corrected chi connectivity index (χ0v) is 15.8. The molecule has 0 aromatic heterocycles. The van der Waals surface area contributed by atoms with Gasteiger partial charge < -0.3 is 21.4 Å². The van der Waals surface area contributed by atoms with Crippen LogP contribution in [0.4, 0.5) is 30.2 Å². The van der Waals surface area contributed by atoms with Crippen molar-refractivity contribution >= 4 is 28.7 Å². The molecule has 0 spiro atoms. The zero-order chi connectivity index (χ0) is 20.8. The minimum Gasteiger partial charge on any atom is -0.388 e. The lowest BCUT2D eigenvalue weighted by molar-refractivity contribution is -0.137. The second kappa shape index (κ2) is 7.09. The summed E-state index contributed by atoms with van der Waals surface area (Å²) < 4.78 is 40.5. The van der Waals surface area contributed by atoms with Crippen molar-refractivity contribution in [2.75, 3.05) is 29.5 Å². The number of anilines is 3. The number of amides is 1. The Labute approximate surface area is 166 Å². The van der Waals surface area contributed by atoms with Crippen LogP contribution in [-0.4, -0.2) is 25.2 Å². The van der Waals surface area contributed by atoms with E-state index in [0.717, 1.165) is 30.7 Å². The van der Waals surface area contributed by atoms with Gasteiger partial charge in [-0.2, -0.15) is 13.2 Å². The van der Waals surface area contributed by atoms with E-state index in [-0.39, 0.29) is 23.9 Å². The molecule has 5 nitrogen and oxygen atoms in total. The molecule has 0 saturated heterocycles. The normalized spacial score (nSPS) is 16.3.